The number of non-ortho nitro benzene ring substituents is 1. The van der Waals surface area contributed by atoms with Crippen LogP contribution >= 0.6 is 23.5 Å². The lowest BCUT2D eigenvalue weighted by atomic mass is 9.97. The lowest BCUT2D eigenvalue weighted by Gasteiger charge is -2.31. The quantitative estimate of drug-likeness (QED) is 0.115. The Hall–Kier alpha value is -3.61. The first-order chi connectivity index (χ1) is 21.6. The number of fused-ring (bicyclic) bond motifs is 1. The van der Waals surface area contributed by atoms with Gasteiger partial charge in [0.2, 0.25) is 11.8 Å². The summed E-state index contributed by atoms with van der Waals surface area (Å²) >= 11 is 2.90. The van der Waals surface area contributed by atoms with Crippen LogP contribution in [0.4, 0.5) is 5.69 Å². The van der Waals surface area contributed by atoms with Crippen LogP contribution in [-0.4, -0.2) is 75.6 Å². The van der Waals surface area contributed by atoms with Gasteiger partial charge in [-0.25, -0.2) is 4.79 Å². The summed E-state index contributed by atoms with van der Waals surface area (Å²) in [4.78, 5) is 50.7. The zero-order valence-corrected chi connectivity index (χ0v) is 27.6. The molecule has 0 saturated carbocycles. The number of carboxylic acids is 1. The van der Waals surface area contributed by atoms with Gasteiger partial charge in [-0.1, -0.05) is 74.9 Å². The maximum atomic E-state index is 13.2. The zero-order chi connectivity index (χ0) is 32.8. The molecule has 0 spiro atoms. The maximum Gasteiger partial charge on any atom is 0.326 e. The van der Waals surface area contributed by atoms with Gasteiger partial charge in [0.1, 0.15) is 6.04 Å². The SMILES string of the molecule is CC[C@H](C)[C@@H](CN(CC(=O)N[C@@H](CCSC)C(=O)O)Cc1cccc2ccccc12)NC(=O)CSCc1cccc([N+](=O)[O-])c1. The summed E-state index contributed by atoms with van der Waals surface area (Å²) in [5.74, 6) is -0.267. The van der Waals surface area contributed by atoms with Gasteiger partial charge >= 0.3 is 5.97 Å². The van der Waals surface area contributed by atoms with Crippen molar-refractivity contribution < 1.29 is 24.4 Å². The second-order valence-electron chi connectivity index (χ2n) is 11.0. The summed E-state index contributed by atoms with van der Waals surface area (Å²) in [6.45, 7) is 4.89. The third-order valence-electron chi connectivity index (χ3n) is 7.64. The van der Waals surface area contributed by atoms with Crippen LogP contribution in [0.15, 0.2) is 66.7 Å². The van der Waals surface area contributed by atoms with Crippen molar-refractivity contribution in [3.63, 3.8) is 0 Å². The molecule has 45 heavy (non-hydrogen) atoms. The van der Waals surface area contributed by atoms with Gasteiger partial charge in [0.15, 0.2) is 0 Å². The minimum absolute atomic E-state index is 0.0173. The first kappa shape index (κ1) is 35.9. The molecule has 0 heterocycles. The van der Waals surface area contributed by atoms with Crippen molar-refractivity contribution in [2.45, 2.75) is 51.1 Å². The van der Waals surface area contributed by atoms with Crippen LogP contribution < -0.4 is 10.6 Å². The molecule has 0 aliphatic carbocycles. The maximum absolute atomic E-state index is 13.2. The molecule has 12 heteroatoms. The van der Waals surface area contributed by atoms with Crippen molar-refractivity contribution in [3.05, 3.63) is 88.0 Å². The fourth-order valence-corrected chi connectivity index (χ4v) is 6.25. The number of hydrogen-bond acceptors (Lipinski definition) is 8. The molecule has 3 atom stereocenters. The molecule has 242 valence electrons. The minimum atomic E-state index is -1.06. The van der Waals surface area contributed by atoms with Gasteiger partial charge in [-0.2, -0.15) is 11.8 Å². The summed E-state index contributed by atoms with van der Waals surface area (Å²) in [6.07, 6.45) is 3.02. The van der Waals surface area contributed by atoms with Crippen LogP contribution in [0.1, 0.15) is 37.8 Å². The van der Waals surface area contributed by atoms with Gasteiger partial charge < -0.3 is 15.7 Å². The third kappa shape index (κ3) is 11.7. The van der Waals surface area contributed by atoms with Gasteiger partial charge in [-0.15, -0.1) is 11.8 Å². The van der Waals surface area contributed by atoms with Gasteiger partial charge in [0.25, 0.3) is 5.69 Å². The number of rotatable bonds is 19. The number of nitrogens with one attached hydrogen (secondary N) is 2. The molecule has 0 bridgehead atoms. The topological polar surface area (TPSA) is 142 Å². The molecule has 3 aromatic carbocycles. The second-order valence-corrected chi connectivity index (χ2v) is 13.0. The molecule has 3 N–H and O–H groups in total. The summed E-state index contributed by atoms with van der Waals surface area (Å²) in [5.41, 5.74) is 1.81. The van der Waals surface area contributed by atoms with Crippen LogP contribution in [0.25, 0.3) is 10.8 Å². The Labute approximate surface area is 272 Å². The Morgan fingerprint density at radius 1 is 1.02 bits per heavy atom. The zero-order valence-electron chi connectivity index (χ0n) is 25.9. The number of carbonyl (C=O) groups is 3. The van der Waals surface area contributed by atoms with E-state index >= 15 is 0 Å². The van der Waals surface area contributed by atoms with Crippen molar-refractivity contribution >= 4 is 57.8 Å². The molecular formula is C33H42N4O6S2. The van der Waals surface area contributed by atoms with E-state index in [4.69, 9.17) is 0 Å². The molecular weight excluding hydrogens is 613 g/mol. The Kier molecular flexibility index (Phi) is 14.6. The monoisotopic (exact) mass is 654 g/mol. The molecule has 3 aromatic rings. The highest BCUT2D eigenvalue weighted by atomic mass is 32.2. The third-order valence-corrected chi connectivity index (χ3v) is 9.29. The smallest absolute Gasteiger partial charge is 0.326 e. The van der Waals surface area contributed by atoms with Crippen LogP contribution in [-0.2, 0) is 26.7 Å². The number of nitro benzene ring substituents is 1. The lowest BCUT2D eigenvalue weighted by molar-refractivity contribution is -0.384. The van der Waals surface area contributed by atoms with E-state index in [1.807, 2.05) is 60.5 Å². The first-order valence-corrected chi connectivity index (χ1v) is 17.5. The van der Waals surface area contributed by atoms with Gasteiger partial charge in [-0.3, -0.25) is 24.6 Å². The van der Waals surface area contributed by atoms with Crippen LogP contribution in [0.2, 0.25) is 0 Å². The Morgan fingerprint density at radius 2 is 1.76 bits per heavy atom. The van der Waals surface area contributed by atoms with Gasteiger partial charge in [0, 0.05) is 37.0 Å². The summed E-state index contributed by atoms with van der Waals surface area (Å²) in [6, 6.07) is 19.2. The van der Waals surface area contributed by atoms with E-state index in [9.17, 15) is 29.6 Å². The Morgan fingerprint density at radius 3 is 2.47 bits per heavy atom. The highest BCUT2D eigenvalue weighted by Gasteiger charge is 2.25. The molecule has 0 aromatic heterocycles. The predicted molar refractivity (Wildman–Crippen MR) is 182 cm³/mol. The first-order valence-electron chi connectivity index (χ1n) is 14.9. The molecule has 3 rings (SSSR count). The van der Waals surface area contributed by atoms with E-state index in [2.05, 4.69) is 17.6 Å². The Bertz CT molecular complexity index is 1450. The molecule has 0 aliphatic rings. The summed E-state index contributed by atoms with van der Waals surface area (Å²) in [7, 11) is 0. The minimum Gasteiger partial charge on any atom is -0.480 e. The van der Waals surface area contributed by atoms with E-state index in [1.165, 1.54) is 35.7 Å². The summed E-state index contributed by atoms with van der Waals surface area (Å²) < 4.78 is 0. The van der Waals surface area contributed by atoms with Gasteiger partial charge in [0.05, 0.1) is 17.2 Å². The normalized spacial score (nSPS) is 13.2. The number of nitrogens with zero attached hydrogens (tertiary/aromatic N) is 2. The fraction of sp³-hybridized carbons (Fsp3) is 0.424. The largest absolute Gasteiger partial charge is 0.480 e. The molecule has 2 amide bonds. The van der Waals surface area contributed by atoms with E-state index in [0.717, 1.165) is 28.3 Å². The highest BCUT2D eigenvalue weighted by molar-refractivity contribution is 7.99. The fourth-order valence-electron chi connectivity index (χ4n) is 4.99. The van der Waals surface area contributed by atoms with E-state index < -0.39 is 16.9 Å². The number of aliphatic carboxylic acids is 1. The van der Waals surface area contributed by atoms with Crippen molar-refractivity contribution in [1.29, 1.82) is 0 Å². The van der Waals surface area contributed by atoms with Crippen molar-refractivity contribution in [1.82, 2.24) is 15.5 Å². The number of amides is 2. The number of carbonyl (C=O) groups excluding carboxylic acids is 2. The van der Waals surface area contributed by atoms with Crippen LogP contribution in [0.5, 0.6) is 0 Å². The van der Waals surface area contributed by atoms with Crippen molar-refractivity contribution in [3.8, 4) is 0 Å². The van der Waals surface area contributed by atoms with E-state index in [1.54, 1.807) is 12.1 Å². The van der Waals surface area contributed by atoms with Crippen LogP contribution in [0, 0.1) is 16.0 Å². The molecule has 0 radical (unpaired) electrons. The van der Waals surface area contributed by atoms with Crippen LogP contribution in [0.3, 0.4) is 0 Å². The number of hydrogen-bond donors (Lipinski definition) is 3. The average Bonchev–Trinajstić information content (AvgIpc) is 3.02. The van der Waals surface area contributed by atoms with E-state index in [0.29, 0.717) is 31.0 Å². The van der Waals surface area contributed by atoms with E-state index in [-0.39, 0.29) is 41.8 Å². The number of benzene rings is 3. The van der Waals surface area contributed by atoms with Crippen molar-refractivity contribution in [2.75, 3.05) is 30.9 Å². The number of nitro groups is 1. The molecule has 0 saturated heterocycles. The molecule has 10 nitrogen and oxygen atoms in total. The number of carboxylic acid groups (broad SMARTS) is 1. The molecule has 0 fully saturated rings. The second kappa shape index (κ2) is 18.4. The molecule has 0 unspecified atom stereocenters. The average molecular weight is 655 g/mol. The lowest BCUT2D eigenvalue weighted by Crippen LogP contribution is -2.51. The Balaban J connectivity index is 1.75. The van der Waals surface area contributed by atoms with Gasteiger partial charge in [-0.05, 0) is 46.2 Å². The standard InChI is InChI=1S/C33H42N4O6S2/c1-4-23(2)30(35-32(39)22-45-21-24-9-7-13-27(17-24)37(42)43)19-36(20-31(38)34-29(33(40)41)15-16-44-3)18-26-12-8-11-25-10-5-6-14-28(25)26/h5-14,17,23,29-30H,4,15-16,18-22H2,1-3H3,(H,34,38)(H,35,39)(H,40,41)/t23-,29-,30+/m0/s1. The van der Waals surface area contributed by atoms with Crippen molar-refractivity contribution in [2.24, 2.45) is 5.92 Å². The summed E-state index contributed by atoms with van der Waals surface area (Å²) in [5, 5.41) is 28.7. The predicted octanol–water partition coefficient (Wildman–Crippen LogP) is 5.34. The number of thioether (sulfide) groups is 2. The highest BCUT2D eigenvalue weighted by Crippen LogP contribution is 2.22. The molecule has 0 aliphatic heterocycles.